The molecule has 6 heteroatoms. The van der Waals surface area contributed by atoms with Crippen molar-refractivity contribution in [1.82, 2.24) is 9.97 Å². The number of ketones is 1. The van der Waals surface area contributed by atoms with Crippen LogP contribution in [-0.2, 0) is 0 Å². The van der Waals surface area contributed by atoms with Crippen molar-refractivity contribution >= 4 is 29.0 Å². The fourth-order valence-electron chi connectivity index (χ4n) is 2.82. The first kappa shape index (κ1) is 19.2. The highest BCUT2D eigenvalue weighted by Gasteiger charge is 2.16. The summed E-state index contributed by atoms with van der Waals surface area (Å²) in [6, 6.07) is 18.2. The van der Waals surface area contributed by atoms with Gasteiger partial charge in [-0.15, -0.1) is 0 Å². The second kappa shape index (κ2) is 8.43. The molecule has 3 aromatic rings. The predicted octanol–water partition coefficient (Wildman–Crippen LogP) is 4.40. The average Bonchev–Trinajstić information content (AvgIpc) is 2.69. The van der Waals surface area contributed by atoms with Crippen molar-refractivity contribution < 1.29 is 9.59 Å². The molecule has 0 saturated carbocycles. The van der Waals surface area contributed by atoms with Gasteiger partial charge in [-0.2, -0.15) is 0 Å². The van der Waals surface area contributed by atoms with Gasteiger partial charge in [0.1, 0.15) is 5.69 Å². The molecule has 0 radical (unpaired) electrons. The van der Waals surface area contributed by atoms with Crippen LogP contribution in [-0.4, -0.2) is 28.2 Å². The second-order valence-corrected chi connectivity index (χ2v) is 6.36. The average molecular weight is 374 g/mol. The molecule has 1 aromatic heterocycles. The van der Waals surface area contributed by atoms with E-state index in [0.29, 0.717) is 29.4 Å². The summed E-state index contributed by atoms with van der Waals surface area (Å²) < 4.78 is 0. The number of rotatable bonds is 6. The van der Waals surface area contributed by atoms with Gasteiger partial charge in [-0.1, -0.05) is 18.2 Å². The topological polar surface area (TPSA) is 75.2 Å². The molecule has 0 aliphatic rings. The minimum Gasteiger partial charge on any atom is -0.321 e. The quantitative estimate of drug-likeness (QED) is 0.647. The van der Waals surface area contributed by atoms with Crippen LogP contribution in [0.1, 0.15) is 40.4 Å². The Morgan fingerprint density at radius 1 is 1.00 bits per heavy atom. The number of carbonyl (C=O) groups excluding carboxylic acids is 2. The van der Waals surface area contributed by atoms with Gasteiger partial charge in [0, 0.05) is 29.2 Å². The molecule has 0 atom stereocenters. The zero-order valence-corrected chi connectivity index (χ0v) is 16.1. The number of benzene rings is 2. The summed E-state index contributed by atoms with van der Waals surface area (Å²) in [5.74, 6) is 0.131. The summed E-state index contributed by atoms with van der Waals surface area (Å²) in [7, 11) is 0. The third kappa shape index (κ3) is 4.40. The molecule has 0 saturated heterocycles. The van der Waals surface area contributed by atoms with E-state index < -0.39 is 0 Å². The lowest BCUT2D eigenvalue weighted by Gasteiger charge is -2.21. The molecule has 0 aliphatic carbocycles. The summed E-state index contributed by atoms with van der Waals surface area (Å²) in [6.45, 7) is 6.02. The van der Waals surface area contributed by atoms with Crippen molar-refractivity contribution in [2.45, 2.75) is 20.8 Å². The van der Waals surface area contributed by atoms with E-state index >= 15 is 0 Å². The van der Waals surface area contributed by atoms with Crippen molar-refractivity contribution in [1.29, 1.82) is 0 Å². The zero-order valence-electron chi connectivity index (χ0n) is 16.1. The Bertz CT molecular complexity index is 985. The van der Waals surface area contributed by atoms with Gasteiger partial charge >= 0.3 is 0 Å². The van der Waals surface area contributed by atoms with E-state index in [0.717, 1.165) is 5.69 Å². The van der Waals surface area contributed by atoms with E-state index in [9.17, 15) is 9.59 Å². The lowest BCUT2D eigenvalue weighted by Crippen LogP contribution is -2.22. The summed E-state index contributed by atoms with van der Waals surface area (Å²) in [4.78, 5) is 35.0. The third-order valence-electron chi connectivity index (χ3n) is 4.25. The van der Waals surface area contributed by atoms with Crippen molar-refractivity contribution in [3.8, 4) is 0 Å². The number of hydrogen-bond donors (Lipinski definition) is 1. The van der Waals surface area contributed by atoms with E-state index in [4.69, 9.17) is 0 Å². The maximum Gasteiger partial charge on any atom is 0.274 e. The van der Waals surface area contributed by atoms with Crippen LogP contribution in [0.5, 0.6) is 0 Å². The highest BCUT2D eigenvalue weighted by molar-refractivity contribution is 6.03. The molecule has 0 aliphatic heterocycles. The standard InChI is InChI=1S/C22H22N4O2/c1-4-26(19-8-6-5-7-9-19)22-23-15(2)14-20(25-22)21(28)24-18-12-10-17(11-13-18)16(3)27/h5-14H,4H2,1-3H3,(H,24,28). The molecule has 0 spiro atoms. The number of nitrogens with one attached hydrogen (secondary N) is 1. The van der Waals surface area contributed by atoms with Crippen molar-refractivity contribution in [3.63, 3.8) is 0 Å². The number of Topliss-reactive ketones (excluding diaryl/α,β-unsaturated/α-hetero) is 1. The molecule has 1 heterocycles. The first-order valence-corrected chi connectivity index (χ1v) is 9.08. The largest absolute Gasteiger partial charge is 0.321 e. The predicted molar refractivity (Wildman–Crippen MR) is 110 cm³/mol. The van der Waals surface area contributed by atoms with Gasteiger partial charge in [-0.05, 0) is 63.2 Å². The first-order chi connectivity index (χ1) is 13.5. The molecule has 0 unspecified atom stereocenters. The van der Waals surface area contributed by atoms with E-state index in [2.05, 4.69) is 15.3 Å². The number of carbonyl (C=O) groups is 2. The van der Waals surface area contributed by atoms with Crippen LogP contribution >= 0.6 is 0 Å². The highest BCUT2D eigenvalue weighted by Crippen LogP contribution is 2.22. The fraction of sp³-hybridized carbons (Fsp3) is 0.182. The Morgan fingerprint density at radius 3 is 2.29 bits per heavy atom. The van der Waals surface area contributed by atoms with Crippen LogP contribution in [0.15, 0.2) is 60.7 Å². The van der Waals surface area contributed by atoms with Crippen LogP contribution in [0, 0.1) is 6.92 Å². The van der Waals surface area contributed by atoms with Crippen LogP contribution in [0.2, 0.25) is 0 Å². The van der Waals surface area contributed by atoms with Crippen molar-refractivity contribution in [2.75, 3.05) is 16.8 Å². The normalized spacial score (nSPS) is 10.4. The molecule has 28 heavy (non-hydrogen) atoms. The van der Waals surface area contributed by atoms with Gasteiger partial charge in [0.15, 0.2) is 5.78 Å². The van der Waals surface area contributed by atoms with Gasteiger partial charge in [-0.3, -0.25) is 9.59 Å². The minimum absolute atomic E-state index is 0.0190. The van der Waals surface area contributed by atoms with E-state index in [1.54, 1.807) is 30.3 Å². The van der Waals surface area contributed by atoms with Gasteiger partial charge in [-0.25, -0.2) is 9.97 Å². The van der Waals surface area contributed by atoms with E-state index in [-0.39, 0.29) is 17.4 Å². The summed E-state index contributed by atoms with van der Waals surface area (Å²) in [5, 5.41) is 2.82. The van der Waals surface area contributed by atoms with Gasteiger partial charge < -0.3 is 10.2 Å². The van der Waals surface area contributed by atoms with E-state index in [1.807, 2.05) is 49.1 Å². The molecule has 0 fully saturated rings. The molecule has 6 nitrogen and oxygen atoms in total. The minimum atomic E-state index is -0.327. The number of anilines is 3. The highest BCUT2D eigenvalue weighted by atomic mass is 16.2. The number of amides is 1. The number of nitrogens with zero attached hydrogens (tertiary/aromatic N) is 3. The van der Waals surface area contributed by atoms with Crippen LogP contribution in [0.4, 0.5) is 17.3 Å². The maximum absolute atomic E-state index is 12.7. The molecule has 0 bridgehead atoms. The lowest BCUT2D eigenvalue weighted by atomic mass is 10.1. The summed E-state index contributed by atoms with van der Waals surface area (Å²) >= 11 is 0. The van der Waals surface area contributed by atoms with Gasteiger partial charge in [0.25, 0.3) is 5.91 Å². The third-order valence-corrected chi connectivity index (χ3v) is 4.25. The molecule has 3 rings (SSSR count). The Balaban J connectivity index is 1.86. The van der Waals surface area contributed by atoms with Crippen LogP contribution < -0.4 is 10.2 Å². The maximum atomic E-state index is 12.7. The Kier molecular flexibility index (Phi) is 5.79. The summed E-state index contributed by atoms with van der Waals surface area (Å²) in [6.07, 6.45) is 0. The summed E-state index contributed by atoms with van der Waals surface area (Å²) in [5.41, 5.74) is 3.15. The Labute approximate surface area is 164 Å². The van der Waals surface area contributed by atoms with Crippen LogP contribution in [0.3, 0.4) is 0 Å². The molecular weight excluding hydrogens is 352 g/mol. The second-order valence-electron chi connectivity index (χ2n) is 6.36. The monoisotopic (exact) mass is 374 g/mol. The molecule has 1 amide bonds. The van der Waals surface area contributed by atoms with Crippen molar-refractivity contribution in [2.24, 2.45) is 0 Å². The molecule has 2 aromatic carbocycles. The van der Waals surface area contributed by atoms with Crippen molar-refractivity contribution in [3.05, 3.63) is 77.6 Å². The van der Waals surface area contributed by atoms with Gasteiger partial charge in [0.05, 0.1) is 0 Å². The smallest absolute Gasteiger partial charge is 0.274 e. The first-order valence-electron chi connectivity index (χ1n) is 9.08. The lowest BCUT2D eigenvalue weighted by molar-refractivity contribution is 0.101. The number of aryl methyl sites for hydroxylation is 1. The molecule has 1 N–H and O–H groups in total. The Hall–Kier alpha value is -3.54. The number of para-hydroxylation sites is 1. The SMILES string of the molecule is CCN(c1ccccc1)c1nc(C)cc(C(=O)Nc2ccc(C(C)=O)cc2)n1. The number of hydrogen-bond acceptors (Lipinski definition) is 5. The van der Waals surface area contributed by atoms with E-state index in [1.165, 1.54) is 6.92 Å². The zero-order chi connectivity index (χ0) is 20.1. The Morgan fingerprint density at radius 2 is 1.68 bits per heavy atom. The van der Waals surface area contributed by atoms with Crippen LogP contribution in [0.25, 0.3) is 0 Å². The molecular formula is C22H22N4O2. The number of aromatic nitrogens is 2. The van der Waals surface area contributed by atoms with Gasteiger partial charge in [0.2, 0.25) is 5.95 Å². The molecule has 142 valence electrons. The fourth-order valence-corrected chi connectivity index (χ4v) is 2.82.